The first-order valence-corrected chi connectivity index (χ1v) is 5.70. The molecule has 7 heteroatoms. The molecule has 0 unspecified atom stereocenters. The van der Waals surface area contributed by atoms with Gasteiger partial charge in [-0.3, -0.25) is 0 Å². The number of anilines is 1. The number of rotatable bonds is 1. The fraction of sp³-hybridized carbons (Fsp3) is 0. The quantitative estimate of drug-likeness (QED) is 0.338. The summed E-state index contributed by atoms with van der Waals surface area (Å²) in [7, 11) is 1.39. The Kier molecular flexibility index (Phi) is 5.14. The van der Waals surface area contributed by atoms with E-state index in [2.05, 4.69) is 12.6 Å². The second-order valence-electron chi connectivity index (χ2n) is 2.16. The van der Waals surface area contributed by atoms with Crippen molar-refractivity contribution >= 4 is 67.6 Å². The minimum Gasteiger partial charge on any atom is -0.398 e. The molecule has 0 spiro atoms. The van der Waals surface area contributed by atoms with Crippen LogP contribution < -0.4 is 5.73 Å². The monoisotopic (exact) mass is 246 g/mol. The van der Waals surface area contributed by atoms with Gasteiger partial charge in [0, 0.05) is 50.8 Å². The molecule has 13 heavy (non-hydrogen) atoms. The van der Waals surface area contributed by atoms with Gasteiger partial charge in [0.05, 0.1) is 4.90 Å². The summed E-state index contributed by atoms with van der Waals surface area (Å²) in [5.41, 5.74) is 5.71. The van der Waals surface area contributed by atoms with Gasteiger partial charge in [-0.15, -0.1) is 12.6 Å². The van der Waals surface area contributed by atoms with Crippen molar-refractivity contribution in [2.75, 3.05) is 5.73 Å². The number of benzene rings is 1. The van der Waals surface area contributed by atoms with E-state index >= 15 is 0 Å². The van der Waals surface area contributed by atoms with E-state index in [0.29, 0.717) is 10.6 Å². The molecule has 1 aromatic carbocycles. The molecule has 3 nitrogen and oxygen atoms in total. The van der Waals surface area contributed by atoms with E-state index in [4.69, 9.17) is 16.4 Å². The van der Waals surface area contributed by atoms with Crippen molar-refractivity contribution in [2.45, 2.75) is 9.79 Å². The Hall–Kier alpha value is 0.610. The van der Waals surface area contributed by atoms with Crippen LogP contribution in [0.5, 0.6) is 0 Å². The van der Waals surface area contributed by atoms with E-state index in [1.165, 1.54) is 18.2 Å². The van der Waals surface area contributed by atoms with Crippen molar-refractivity contribution in [3.63, 3.8) is 0 Å². The van der Waals surface area contributed by atoms with Crippen molar-refractivity contribution < 1.29 is 8.42 Å². The molecule has 0 saturated heterocycles. The Morgan fingerprint density at radius 3 is 2.31 bits per heavy atom. The van der Waals surface area contributed by atoms with Gasteiger partial charge < -0.3 is 5.73 Å². The summed E-state index contributed by atoms with van der Waals surface area (Å²) in [5, 5.41) is 0. The van der Waals surface area contributed by atoms with Crippen LogP contribution in [0, 0.1) is 0 Å². The second-order valence-corrected chi connectivity index (χ2v) is 5.21. The minimum absolute atomic E-state index is 0. The third-order valence-electron chi connectivity index (χ3n) is 1.28. The molecule has 0 saturated carbocycles. The summed E-state index contributed by atoms with van der Waals surface area (Å²) in [6, 6.07) is 4.10. The van der Waals surface area contributed by atoms with Crippen molar-refractivity contribution in [1.29, 1.82) is 0 Å². The summed E-state index contributed by atoms with van der Waals surface area (Å²) in [4.78, 5) is 0.513. The van der Waals surface area contributed by atoms with E-state index < -0.39 is 9.05 Å². The third kappa shape index (κ3) is 3.69. The summed E-state index contributed by atoms with van der Waals surface area (Å²) < 4.78 is 21.6. The molecule has 0 amide bonds. The largest absolute Gasteiger partial charge is 0.398 e. The van der Waals surface area contributed by atoms with Crippen LogP contribution in [-0.4, -0.2) is 38.0 Å². The predicted molar refractivity (Wildman–Crippen MR) is 56.9 cm³/mol. The van der Waals surface area contributed by atoms with Gasteiger partial charge in [0.2, 0.25) is 0 Å². The zero-order chi connectivity index (χ0) is 9.35. The maximum atomic E-state index is 10.8. The molecule has 0 aliphatic rings. The van der Waals surface area contributed by atoms with Crippen LogP contribution in [0.3, 0.4) is 0 Å². The van der Waals surface area contributed by atoms with E-state index in [9.17, 15) is 8.42 Å². The number of nitrogen functional groups attached to an aromatic ring is 1. The zero-order valence-electron chi connectivity index (χ0n) is 6.86. The molecule has 0 bridgehead atoms. The molecule has 1 rings (SSSR count). The standard InChI is InChI=1S/C6H6ClNO2S2.Na/c7-12(9,10)4-1-2-6(11)5(8)3-4;/h1-3,11H,8H2;. The van der Waals surface area contributed by atoms with Crippen molar-refractivity contribution in [1.82, 2.24) is 0 Å². The average Bonchev–Trinajstić information content (AvgIpc) is 1.92. The molecule has 67 valence electrons. The number of hydrogen-bond acceptors (Lipinski definition) is 4. The van der Waals surface area contributed by atoms with Crippen molar-refractivity contribution in [2.24, 2.45) is 0 Å². The minimum atomic E-state index is -3.68. The molecule has 1 aromatic rings. The van der Waals surface area contributed by atoms with Crippen LogP contribution in [0.25, 0.3) is 0 Å². The SMILES string of the molecule is Nc1cc(S(=O)(=O)Cl)ccc1S.[Na]. The van der Waals surface area contributed by atoms with Crippen LogP contribution in [0.15, 0.2) is 28.0 Å². The maximum Gasteiger partial charge on any atom is 0.261 e. The van der Waals surface area contributed by atoms with Gasteiger partial charge in [-0.05, 0) is 18.2 Å². The summed E-state index contributed by atoms with van der Waals surface area (Å²) >= 11 is 3.98. The summed E-state index contributed by atoms with van der Waals surface area (Å²) in [6.45, 7) is 0. The number of hydrogen-bond donors (Lipinski definition) is 2. The van der Waals surface area contributed by atoms with Crippen molar-refractivity contribution in [3.05, 3.63) is 18.2 Å². The van der Waals surface area contributed by atoms with Gasteiger partial charge in [0.1, 0.15) is 0 Å². The van der Waals surface area contributed by atoms with Gasteiger partial charge in [-0.25, -0.2) is 8.42 Å². The molecule has 0 heterocycles. The molecular formula is C6H6ClNNaO2S2. The van der Waals surface area contributed by atoms with Crippen LogP contribution in [0.1, 0.15) is 0 Å². The van der Waals surface area contributed by atoms with Gasteiger partial charge in [0.25, 0.3) is 9.05 Å². The number of halogens is 1. The maximum absolute atomic E-state index is 10.8. The molecule has 0 aliphatic heterocycles. The Morgan fingerprint density at radius 1 is 1.38 bits per heavy atom. The first kappa shape index (κ1) is 13.6. The normalized spacial score (nSPS) is 10.6. The van der Waals surface area contributed by atoms with Crippen LogP contribution in [0.4, 0.5) is 5.69 Å². The van der Waals surface area contributed by atoms with Gasteiger partial charge in [-0.2, -0.15) is 0 Å². The van der Waals surface area contributed by atoms with Crippen molar-refractivity contribution in [3.8, 4) is 0 Å². The van der Waals surface area contributed by atoms with Gasteiger partial charge in [-0.1, -0.05) is 0 Å². The van der Waals surface area contributed by atoms with E-state index in [1.54, 1.807) is 0 Å². The third-order valence-corrected chi connectivity index (χ3v) is 3.04. The molecule has 2 N–H and O–H groups in total. The van der Waals surface area contributed by atoms with Crippen LogP contribution in [-0.2, 0) is 9.05 Å². The Morgan fingerprint density at radius 2 is 1.92 bits per heavy atom. The Balaban J connectivity index is 0.00000144. The topological polar surface area (TPSA) is 60.2 Å². The van der Waals surface area contributed by atoms with Gasteiger partial charge in [0.15, 0.2) is 0 Å². The van der Waals surface area contributed by atoms with Gasteiger partial charge >= 0.3 is 0 Å². The molecule has 0 aliphatic carbocycles. The Bertz CT molecular complexity index is 407. The predicted octanol–water partition coefficient (Wildman–Crippen LogP) is 1.10. The zero-order valence-corrected chi connectivity index (χ0v) is 11.3. The molecule has 0 fully saturated rings. The molecule has 0 atom stereocenters. The number of nitrogens with two attached hydrogens (primary N) is 1. The average molecular weight is 247 g/mol. The number of thiol groups is 1. The molecule has 1 radical (unpaired) electrons. The van der Waals surface area contributed by atoms with E-state index in [0.717, 1.165) is 0 Å². The second kappa shape index (κ2) is 4.91. The van der Waals surface area contributed by atoms with Crippen LogP contribution >= 0.6 is 23.3 Å². The first-order valence-electron chi connectivity index (χ1n) is 2.94. The summed E-state index contributed by atoms with van der Waals surface area (Å²) in [5.74, 6) is 0. The summed E-state index contributed by atoms with van der Waals surface area (Å²) in [6.07, 6.45) is 0. The fourth-order valence-electron chi connectivity index (χ4n) is 0.684. The molecule has 0 aromatic heterocycles. The first-order chi connectivity index (χ1) is 5.41. The smallest absolute Gasteiger partial charge is 0.261 e. The van der Waals surface area contributed by atoms with E-state index in [1.807, 2.05) is 0 Å². The fourth-order valence-corrected chi connectivity index (χ4v) is 1.61. The molecular weight excluding hydrogens is 241 g/mol. The Labute approximate surface area is 109 Å². The van der Waals surface area contributed by atoms with E-state index in [-0.39, 0.29) is 34.5 Å². The van der Waals surface area contributed by atoms with Crippen LogP contribution in [0.2, 0.25) is 0 Å².